The molecule has 1 unspecified atom stereocenters. The molecule has 0 bridgehead atoms. The summed E-state index contributed by atoms with van der Waals surface area (Å²) in [6.45, 7) is 5.83. The van der Waals surface area contributed by atoms with Crippen molar-refractivity contribution in [1.29, 1.82) is 0 Å². The molecule has 0 fully saturated rings. The molecule has 1 atom stereocenters. The van der Waals surface area contributed by atoms with Gasteiger partial charge in [-0.2, -0.15) is 21.9 Å². The van der Waals surface area contributed by atoms with Crippen LogP contribution in [0.3, 0.4) is 0 Å². The van der Waals surface area contributed by atoms with Crippen LogP contribution in [0.4, 0.5) is 0 Å². The van der Waals surface area contributed by atoms with Gasteiger partial charge < -0.3 is 14.9 Å². The van der Waals surface area contributed by atoms with Crippen LogP contribution in [-0.4, -0.2) is 40.4 Å². The van der Waals surface area contributed by atoms with Gasteiger partial charge in [0.25, 0.3) is 10.1 Å². The van der Waals surface area contributed by atoms with E-state index in [1.54, 1.807) is 6.61 Å². The van der Waals surface area contributed by atoms with Crippen molar-refractivity contribution < 1.29 is 88.9 Å². The topological polar surface area (TPSA) is 138 Å². The number of hydrogen-bond donors (Lipinski definition) is 3. The van der Waals surface area contributed by atoms with Gasteiger partial charge in [-0.25, -0.2) is 0 Å². The van der Waals surface area contributed by atoms with Crippen LogP contribution in [0.1, 0.15) is 38.7 Å². The minimum absolute atomic E-state index is 0. The SMILES string of the molecule is C[CH-]Oc1ccccc1CCCC.O=C(O)CC(C(=O)O)S(=O)(=O)O.[K+]. The summed E-state index contributed by atoms with van der Waals surface area (Å²) >= 11 is 0. The van der Waals surface area contributed by atoms with Crippen molar-refractivity contribution in [2.24, 2.45) is 0 Å². The second-order valence-corrected chi connectivity index (χ2v) is 6.60. The first-order valence-corrected chi connectivity index (χ1v) is 9.07. The van der Waals surface area contributed by atoms with E-state index in [9.17, 15) is 18.0 Å². The van der Waals surface area contributed by atoms with Crippen molar-refractivity contribution in [1.82, 2.24) is 0 Å². The van der Waals surface area contributed by atoms with Gasteiger partial charge >= 0.3 is 63.3 Å². The molecule has 1 rings (SSSR count). The Morgan fingerprint density at radius 2 is 1.81 bits per heavy atom. The van der Waals surface area contributed by atoms with Crippen molar-refractivity contribution in [2.75, 3.05) is 0 Å². The molecule has 0 aromatic heterocycles. The Bertz CT molecular complexity index is 660. The molecule has 0 aliphatic rings. The number of hydrogen-bond acceptors (Lipinski definition) is 5. The van der Waals surface area contributed by atoms with Gasteiger partial charge in [-0.05, 0) is 24.5 Å². The first-order chi connectivity index (χ1) is 11.6. The molecule has 8 nitrogen and oxygen atoms in total. The van der Waals surface area contributed by atoms with Crippen molar-refractivity contribution in [3.63, 3.8) is 0 Å². The number of carboxylic acid groups (broad SMARTS) is 2. The van der Waals surface area contributed by atoms with E-state index in [1.165, 1.54) is 18.4 Å². The zero-order valence-corrected chi connectivity index (χ0v) is 19.0. The Morgan fingerprint density at radius 1 is 1.23 bits per heavy atom. The molecule has 142 valence electrons. The van der Waals surface area contributed by atoms with E-state index < -0.39 is 33.7 Å². The molecule has 3 N–H and O–H groups in total. The average molecular weight is 415 g/mol. The number of unbranched alkanes of at least 4 members (excludes halogenated alkanes) is 1. The summed E-state index contributed by atoms with van der Waals surface area (Å²) in [6, 6.07) is 8.22. The number of carboxylic acids is 2. The molecule has 10 heteroatoms. The van der Waals surface area contributed by atoms with Crippen molar-refractivity contribution in [3.05, 3.63) is 36.4 Å². The quantitative estimate of drug-likeness (QED) is 0.277. The first-order valence-electron chi connectivity index (χ1n) is 7.56. The van der Waals surface area contributed by atoms with Gasteiger partial charge in [-0.15, -0.1) is 0 Å². The summed E-state index contributed by atoms with van der Waals surface area (Å²) in [5, 5.41) is 13.9. The summed E-state index contributed by atoms with van der Waals surface area (Å²) in [5.41, 5.74) is 1.31. The maximum absolute atomic E-state index is 10.2. The van der Waals surface area contributed by atoms with Gasteiger partial charge in [0.2, 0.25) is 0 Å². The fourth-order valence-electron chi connectivity index (χ4n) is 1.80. The number of aryl methyl sites for hydroxylation is 1. The van der Waals surface area contributed by atoms with Crippen LogP contribution in [0.25, 0.3) is 0 Å². The smallest absolute Gasteiger partial charge is 0.662 e. The van der Waals surface area contributed by atoms with Crippen LogP contribution in [0, 0.1) is 6.61 Å². The van der Waals surface area contributed by atoms with E-state index in [1.807, 2.05) is 19.1 Å². The molecule has 0 radical (unpaired) electrons. The predicted molar refractivity (Wildman–Crippen MR) is 90.9 cm³/mol. The Kier molecular flexibility index (Phi) is 15.5. The van der Waals surface area contributed by atoms with Gasteiger partial charge in [0.15, 0.2) is 5.25 Å². The van der Waals surface area contributed by atoms with Crippen LogP contribution in [0.15, 0.2) is 24.3 Å². The minimum atomic E-state index is -4.84. The molecular weight excluding hydrogens is 391 g/mol. The zero-order valence-electron chi connectivity index (χ0n) is 15.1. The summed E-state index contributed by atoms with van der Waals surface area (Å²) in [5.74, 6) is -2.50. The normalized spacial score (nSPS) is 11.3. The molecule has 1 aromatic carbocycles. The van der Waals surface area contributed by atoms with Crippen molar-refractivity contribution in [2.45, 2.75) is 44.8 Å². The number of carbonyl (C=O) groups is 2. The number of benzene rings is 1. The fourth-order valence-corrected chi connectivity index (χ4v) is 2.41. The van der Waals surface area contributed by atoms with E-state index in [-0.39, 0.29) is 51.4 Å². The monoisotopic (exact) mass is 414 g/mol. The minimum Gasteiger partial charge on any atom is -0.662 e. The first kappa shape index (κ1) is 27.7. The number of ether oxygens (including phenoxy) is 1. The van der Waals surface area contributed by atoms with Gasteiger partial charge in [0.05, 0.1) is 12.2 Å². The molecule has 0 aliphatic carbocycles. The molecular formula is C16H23KO8S. The molecule has 0 saturated carbocycles. The van der Waals surface area contributed by atoms with Crippen molar-refractivity contribution in [3.8, 4) is 5.75 Å². The number of rotatable bonds is 9. The Balaban J connectivity index is 0. The van der Waals surface area contributed by atoms with E-state index in [4.69, 9.17) is 19.5 Å². The van der Waals surface area contributed by atoms with Gasteiger partial charge in [0.1, 0.15) is 0 Å². The third-order valence-corrected chi connectivity index (χ3v) is 4.10. The number of para-hydroxylation sites is 1. The predicted octanol–water partition coefficient (Wildman–Crippen LogP) is -0.604. The van der Waals surface area contributed by atoms with Crippen LogP contribution in [0.5, 0.6) is 5.75 Å². The second kappa shape index (κ2) is 14.6. The van der Waals surface area contributed by atoms with Gasteiger partial charge in [-0.3, -0.25) is 14.1 Å². The molecule has 1 aromatic rings. The summed E-state index contributed by atoms with van der Waals surface area (Å²) in [7, 11) is -4.84. The van der Waals surface area contributed by atoms with Crippen LogP contribution in [0.2, 0.25) is 0 Å². The van der Waals surface area contributed by atoms with E-state index >= 15 is 0 Å². The van der Waals surface area contributed by atoms with E-state index in [0.29, 0.717) is 0 Å². The van der Waals surface area contributed by atoms with Crippen LogP contribution >= 0.6 is 0 Å². The maximum atomic E-state index is 10.2. The largest absolute Gasteiger partial charge is 1.00 e. The molecule has 0 spiro atoms. The molecule has 0 heterocycles. The van der Waals surface area contributed by atoms with Crippen LogP contribution in [-0.2, 0) is 26.1 Å². The molecule has 0 saturated heterocycles. The standard InChI is InChI=1S/C12H17O.C4H6O7S.K/c1-3-5-8-11-9-6-7-10-12(11)13-4-2;5-3(6)1-2(4(7)8)12(9,10)11;/h4,6-7,9-10H,3,5,8H2,1-2H3;2H,1H2,(H,5,6)(H,7,8)(H,9,10,11);/q-1;;+1. The molecule has 0 amide bonds. The second-order valence-electron chi connectivity index (χ2n) is 5.00. The van der Waals surface area contributed by atoms with Crippen molar-refractivity contribution >= 4 is 22.1 Å². The molecule has 26 heavy (non-hydrogen) atoms. The van der Waals surface area contributed by atoms with Gasteiger partial charge in [-0.1, -0.05) is 31.5 Å². The summed E-state index contributed by atoms with van der Waals surface area (Å²) < 4.78 is 34.1. The molecule has 0 aliphatic heterocycles. The third kappa shape index (κ3) is 12.0. The zero-order chi connectivity index (χ0) is 19.5. The Labute approximate surface area is 196 Å². The number of aliphatic carboxylic acids is 2. The summed E-state index contributed by atoms with van der Waals surface area (Å²) in [4.78, 5) is 20.0. The average Bonchev–Trinajstić information content (AvgIpc) is 2.51. The van der Waals surface area contributed by atoms with Gasteiger partial charge in [0, 0.05) is 0 Å². The van der Waals surface area contributed by atoms with Crippen LogP contribution < -0.4 is 56.1 Å². The third-order valence-electron chi connectivity index (χ3n) is 3.01. The van der Waals surface area contributed by atoms with E-state index in [2.05, 4.69) is 19.1 Å². The summed E-state index contributed by atoms with van der Waals surface area (Å²) in [6.07, 6.45) is 2.41. The van der Waals surface area contributed by atoms with E-state index in [0.717, 1.165) is 12.2 Å². The Hall–Kier alpha value is -0.494. The Morgan fingerprint density at radius 3 is 2.19 bits per heavy atom. The fraction of sp³-hybridized carbons (Fsp3) is 0.438. The maximum Gasteiger partial charge on any atom is 1.00 e.